The van der Waals surface area contributed by atoms with Crippen molar-refractivity contribution in [3.05, 3.63) is 53.7 Å². The average Bonchev–Trinajstić information content (AvgIpc) is 3.12. The maximum Gasteiger partial charge on any atom is 0.329 e. The zero-order valence-corrected chi connectivity index (χ0v) is 31.0. The number of ether oxygens (including phenoxy) is 4. The minimum absolute atomic E-state index is 0.0799. The van der Waals surface area contributed by atoms with Crippen molar-refractivity contribution in [1.82, 2.24) is 15.6 Å². The number of carboxylic acids is 2. The van der Waals surface area contributed by atoms with Crippen LogP contribution in [0.15, 0.2) is 47.5 Å². The van der Waals surface area contributed by atoms with Gasteiger partial charge in [-0.15, -0.1) is 0 Å². The summed E-state index contributed by atoms with van der Waals surface area (Å²) in [6.07, 6.45) is 11.9. The number of aliphatic carboxylic acids is 2. The summed E-state index contributed by atoms with van der Waals surface area (Å²) in [6, 6.07) is 9.66. The first-order valence-electron chi connectivity index (χ1n) is 17.9. The number of carbonyl (C=O) groups excluding carboxylic acids is 2. The summed E-state index contributed by atoms with van der Waals surface area (Å²) in [5, 5.41) is 22.4. The maximum absolute atomic E-state index is 12.9. The molecule has 53 heavy (non-hydrogen) atoms. The fourth-order valence-electron chi connectivity index (χ4n) is 4.88. The molecule has 0 spiro atoms. The van der Waals surface area contributed by atoms with E-state index in [0.717, 1.165) is 69.8 Å². The number of hydrogen-bond donors (Lipinski definition) is 5. The van der Waals surface area contributed by atoms with Gasteiger partial charge in [0.15, 0.2) is 0 Å². The summed E-state index contributed by atoms with van der Waals surface area (Å²) >= 11 is 0. The van der Waals surface area contributed by atoms with Crippen LogP contribution in [0.25, 0.3) is 0 Å². The maximum atomic E-state index is 12.9. The van der Waals surface area contributed by atoms with Crippen molar-refractivity contribution in [3.63, 3.8) is 0 Å². The average molecular weight is 767 g/mol. The van der Waals surface area contributed by atoms with Crippen LogP contribution in [0.4, 0.5) is 5.82 Å². The van der Waals surface area contributed by atoms with Crippen molar-refractivity contribution in [2.75, 3.05) is 70.7 Å². The van der Waals surface area contributed by atoms with Crippen LogP contribution in [-0.4, -0.2) is 113 Å². The molecule has 1 aromatic heterocycles. The Hall–Kier alpha value is -4.16. The van der Waals surface area contributed by atoms with E-state index in [2.05, 4.69) is 20.3 Å². The van der Waals surface area contributed by atoms with Crippen LogP contribution in [-0.2, 0) is 49.8 Å². The molecule has 0 saturated heterocycles. The first kappa shape index (κ1) is 45.0. The Morgan fingerprint density at radius 3 is 1.77 bits per heavy atom. The molecule has 0 fully saturated rings. The third-order valence-electron chi connectivity index (χ3n) is 7.66. The molecule has 296 valence electrons. The summed E-state index contributed by atoms with van der Waals surface area (Å²) in [5.41, 5.74) is 1.31. The number of rotatable bonds is 32. The molecular weight excluding hydrogens is 712 g/mol. The van der Waals surface area contributed by atoms with Gasteiger partial charge in [-0.1, -0.05) is 57.1 Å². The third-order valence-corrected chi connectivity index (χ3v) is 9.03. The lowest BCUT2D eigenvalue weighted by molar-refractivity contribution is -0.143. The molecule has 2 amide bonds. The Labute approximate surface area is 311 Å². The number of hydrogen-bond acceptors (Lipinski definition) is 11. The van der Waals surface area contributed by atoms with Crippen LogP contribution in [0.3, 0.4) is 0 Å². The Kier molecular flexibility index (Phi) is 23.3. The van der Waals surface area contributed by atoms with Gasteiger partial charge in [-0.2, -0.15) is 0 Å². The first-order chi connectivity index (χ1) is 25.6. The number of benzene rings is 1. The van der Waals surface area contributed by atoms with Crippen LogP contribution in [0.5, 0.6) is 0 Å². The Morgan fingerprint density at radius 2 is 1.19 bits per heavy atom. The van der Waals surface area contributed by atoms with Crippen LogP contribution in [0.2, 0.25) is 0 Å². The van der Waals surface area contributed by atoms with E-state index in [1.807, 2.05) is 12.1 Å². The summed E-state index contributed by atoms with van der Waals surface area (Å²) in [5.74, 6) is -2.43. The molecule has 2 rings (SSSR count). The Morgan fingerprint density at radius 1 is 0.623 bits per heavy atom. The molecular formula is C36H54N4O12S. The lowest BCUT2D eigenvalue weighted by Crippen LogP contribution is -2.31. The number of aromatic nitrogens is 1. The van der Waals surface area contributed by atoms with E-state index in [1.54, 1.807) is 12.1 Å². The summed E-state index contributed by atoms with van der Waals surface area (Å²) in [4.78, 5) is 49.2. The smallest absolute Gasteiger partial charge is 0.329 e. The lowest BCUT2D eigenvalue weighted by atomic mass is 10.0. The molecule has 0 aliphatic rings. The predicted molar refractivity (Wildman–Crippen MR) is 195 cm³/mol. The quantitative estimate of drug-likeness (QED) is 0.0674. The van der Waals surface area contributed by atoms with Gasteiger partial charge >= 0.3 is 11.9 Å². The summed E-state index contributed by atoms with van der Waals surface area (Å²) < 4.78 is 48.9. The fourth-order valence-corrected chi connectivity index (χ4v) is 5.89. The first-order valence-corrected chi connectivity index (χ1v) is 19.4. The van der Waals surface area contributed by atoms with Crippen LogP contribution in [0, 0.1) is 0 Å². The topological polar surface area (TPSA) is 229 Å². The molecule has 0 atom stereocenters. The molecule has 0 saturated carbocycles. The van der Waals surface area contributed by atoms with Gasteiger partial charge < -0.3 is 39.8 Å². The number of anilines is 1. The summed E-state index contributed by atoms with van der Waals surface area (Å²) in [6.45, 7) is 1.14. The highest BCUT2D eigenvalue weighted by Gasteiger charge is 2.15. The van der Waals surface area contributed by atoms with Gasteiger partial charge in [0.25, 0.3) is 15.9 Å². The second-order valence-corrected chi connectivity index (χ2v) is 13.8. The highest BCUT2D eigenvalue weighted by Crippen LogP contribution is 2.17. The van der Waals surface area contributed by atoms with Gasteiger partial charge in [-0.25, -0.2) is 18.2 Å². The highest BCUT2D eigenvalue weighted by molar-refractivity contribution is 7.92. The van der Waals surface area contributed by atoms with E-state index in [-0.39, 0.29) is 94.5 Å². The van der Waals surface area contributed by atoms with Crippen LogP contribution < -0.4 is 15.4 Å². The molecule has 1 aromatic carbocycles. The normalized spacial score (nSPS) is 11.2. The van der Waals surface area contributed by atoms with Crippen molar-refractivity contribution in [3.8, 4) is 0 Å². The standard InChI is InChI=1S/C36H54N4O12S/c41-33(37-18-20-49-23-25-52-28-35(44)45)27-51-24-22-50-21-19-38-36(46)30-14-17-32(39-26-30)40-53(47,48)31-15-12-29(13-16-31)10-8-6-4-2-1-3-5-7-9-11-34(42)43/h12-17,26H,1-11,18-25,27-28H2,(H,37,41)(H,38,46)(H,39,40)(H,42,43)(H,44,45). The third kappa shape index (κ3) is 22.5. The SMILES string of the molecule is O=C(O)CCCCCCCCCCCc1ccc(S(=O)(=O)Nc2ccc(C(=O)NCCOCCOCC(=O)NCCOCCOCC(=O)O)cn2)cc1. The molecule has 1 heterocycles. The number of aryl methyl sites for hydroxylation is 1. The highest BCUT2D eigenvalue weighted by atomic mass is 32.2. The van der Waals surface area contributed by atoms with E-state index in [0.29, 0.717) is 0 Å². The molecule has 0 unspecified atom stereocenters. The van der Waals surface area contributed by atoms with Crippen molar-refractivity contribution < 1.29 is 56.8 Å². The fraction of sp³-hybridized carbons (Fsp3) is 0.583. The van der Waals surface area contributed by atoms with E-state index in [9.17, 15) is 27.6 Å². The monoisotopic (exact) mass is 766 g/mol. The second kappa shape index (κ2) is 27.4. The van der Waals surface area contributed by atoms with Crippen molar-refractivity contribution in [2.24, 2.45) is 0 Å². The van der Waals surface area contributed by atoms with Crippen molar-refractivity contribution >= 4 is 39.6 Å². The molecule has 17 heteroatoms. The van der Waals surface area contributed by atoms with Gasteiger partial charge in [0.1, 0.15) is 19.0 Å². The van der Waals surface area contributed by atoms with Crippen LogP contribution in [0.1, 0.15) is 80.1 Å². The van der Waals surface area contributed by atoms with E-state index in [4.69, 9.17) is 29.2 Å². The van der Waals surface area contributed by atoms with Gasteiger partial charge in [0, 0.05) is 25.7 Å². The summed E-state index contributed by atoms with van der Waals surface area (Å²) in [7, 11) is -3.87. The number of pyridine rings is 1. The zero-order chi connectivity index (χ0) is 38.6. The number of carbonyl (C=O) groups is 4. The largest absolute Gasteiger partial charge is 0.481 e. The lowest BCUT2D eigenvalue weighted by Gasteiger charge is -2.10. The Balaban J connectivity index is 1.53. The number of carboxylic acid groups (broad SMARTS) is 2. The molecule has 0 aliphatic carbocycles. The molecule has 16 nitrogen and oxygen atoms in total. The van der Waals surface area contributed by atoms with Crippen molar-refractivity contribution in [2.45, 2.75) is 75.5 Å². The van der Waals surface area contributed by atoms with E-state index < -0.39 is 27.9 Å². The molecule has 5 N–H and O–H groups in total. The number of amides is 2. The van der Waals surface area contributed by atoms with Gasteiger partial charge in [0.05, 0.1) is 50.1 Å². The molecule has 2 aromatic rings. The molecule has 0 aliphatic heterocycles. The van der Waals surface area contributed by atoms with Crippen molar-refractivity contribution in [1.29, 1.82) is 0 Å². The zero-order valence-electron chi connectivity index (χ0n) is 30.2. The minimum Gasteiger partial charge on any atom is -0.481 e. The number of unbranched alkanes of at least 4 members (excludes halogenated alkanes) is 8. The van der Waals surface area contributed by atoms with Gasteiger partial charge in [-0.3, -0.25) is 19.1 Å². The predicted octanol–water partition coefficient (Wildman–Crippen LogP) is 3.41. The second-order valence-electron chi connectivity index (χ2n) is 12.1. The molecule has 0 radical (unpaired) electrons. The van der Waals surface area contributed by atoms with E-state index >= 15 is 0 Å². The number of nitrogens with zero attached hydrogens (tertiary/aromatic N) is 1. The number of nitrogens with one attached hydrogen (secondary N) is 3. The minimum atomic E-state index is -3.87. The number of sulfonamides is 1. The molecule has 0 bridgehead atoms. The van der Waals surface area contributed by atoms with Gasteiger partial charge in [-0.05, 0) is 49.1 Å². The Bertz CT molecular complexity index is 1460. The van der Waals surface area contributed by atoms with E-state index in [1.165, 1.54) is 18.3 Å². The van der Waals surface area contributed by atoms with Gasteiger partial charge in [0.2, 0.25) is 5.91 Å². The van der Waals surface area contributed by atoms with Crippen LogP contribution >= 0.6 is 0 Å².